The minimum atomic E-state index is -0.804. The second-order valence-corrected chi connectivity index (χ2v) is 8.27. The highest BCUT2D eigenvalue weighted by molar-refractivity contribution is 9.10. The molecule has 33 heavy (non-hydrogen) atoms. The standard InChI is InChI=1S/C25H21BrN2O5/c1-32-18-7-3-6-16(11-18)22-21(23(29)17-8-9-20(33-2)19(26)12-17)24(30)25(31)28(22)14-15-5-4-10-27-13-15/h3-13,22,29H,14H2,1-2H3/b23-21-. The van der Waals surface area contributed by atoms with Crippen LogP contribution in [0, 0.1) is 0 Å². The van der Waals surface area contributed by atoms with Crippen LogP contribution in [0.5, 0.6) is 11.5 Å². The fourth-order valence-corrected chi connectivity index (χ4v) is 4.40. The first-order valence-corrected chi connectivity index (χ1v) is 10.9. The van der Waals surface area contributed by atoms with E-state index in [1.54, 1.807) is 68.0 Å². The molecule has 3 aromatic rings. The molecule has 4 rings (SSSR count). The van der Waals surface area contributed by atoms with Gasteiger partial charge in [0, 0.05) is 24.5 Å². The molecule has 1 saturated heterocycles. The van der Waals surface area contributed by atoms with Crippen molar-refractivity contribution in [3.05, 3.63) is 93.7 Å². The van der Waals surface area contributed by atoms with Gasteiger partial charge in [0.15, 0.2) is 0 Å². The molecule has 1 aliphatic rings. The minimum absolute atomic E-state index is 0.00853. The van der Waals surface area contributed by atoms with Crippen molar-refractivity contribution in [2.75, 3.05) is 14.2 Å². The van der Waals surface area contributed by atoms with E-state index in [4.69, 9.17) is 9.47 Å². The van der Waals surface area contributed by atoms with Crippen LogP contribution in [-0.2, 0) is 16.1 Å². The highest BCUT2D eigenvalue weighted by Crippen LogP contribution is 2.41. The molecule has 2 aromatic carbocycles. The van der Waals surface area contributed by atoms with Crippen molar-refractivity contribution < 1.29 is 24.2 Å². The number of pyridine rings is 1. The molecule has 2 heterocycles. The third-order valence-corrected chi connectivity index (χ3v) is 6.07. The summed E-state index contributed by atoms with van der Waals surface area (Å²) in [6.07, 6.45) is 3.28. The number of hydrogen-bond acceptors (Lipinski definition) is 6. The van der Waals surface area contributed by atoms with Crippen LogP contribution in [0.25, 0.3) is 5.76 Å². The van der Waals surface area contributed by atoms with Gasteiger partial charge >= 0.3 is 0 Å². The average molecular weight is 509 g/mol. The Hall–Kier alpha value is -3.65. The van der Waals surface area contributed by atoms with E-state index in [1.807, 2.05) is 6.07 Å². The molecule has 1 aromatic heterocycles. The van der Waals surface area contributed by atoms with Gasteiger partial charge in [0.25, 0.3) is 11.7 Å². The largest absolute Gasteiger partial charge is 0.507 e. The lowest BCUT2D eigenvalue weighted by molar-refractivity contribution is -0.140. The number of halogens is 1. The lowest BCUT2D eigenvalue weighted by atomic mass is 9.95. The van der Waals surface area contributed by atoms with Crippen LogP contribution in [-0.4, -0.2) is 40.9 Å². The fourth-order valence-electron chi connectivity index (χ4n) is 3.86. The molecule has 1 aliphatic heterocycles. The number of Topliss-reactive ketones (excluding diaryl/α,β-unsaturated/α-hetero) is 1. The van der Waals surface area contributed by atoms with Crippen molar-refractivity contribution in [2.45, 2.75) is 12.6 Å². The number of aromatic nitrogens is 1. The monoisotopic (exact) mass is 508 g/mol. The Labute approximate surface area is 199 Å². The number of carbonyl (C=O) groups is 2. The lowest BCUT2D eigenvalue weighted by Gasteiger charge is -2.25. The number of amides is 1. The molecule has 0 aliphatic carbocycles. The third kappa shape index (κ3) is 4.34. The third-order valence-electron chi connectivity index (χ3n) is 5.45. The lowest BCUT2D eigenvalue weighted by Crippen LogP contribution is -2.29. The van der Waals surface area contributed by atoms with Gasteiger partial charge in [-0.25, -0.2) is 0 Å². The van der Waals surface area contributed by atoms with Gasteiger partial charge in [0.1, 0.15) is 17.3 Å². The van der Waals surface area contributed by atoms with Gasteiger partial charge in [-0.2, -0.15) is 0 Å². The molecule has 7 nitrogen and oxygen atoms in total. The quantitative estimate of drug-likeness (QED) is 0.300. The van der Waals surface area contributed by atoms with Crippen molar-refractivity contribution in [3.63, 3.8) is 0 Å². The van der Waals surface area contributed by atoms with Crippen LogP contribution < -0.4 is 9.47 Å². The molecule has 168 valence electrons. The predicted octanol–water partition coefficient (Wildman–Crippen LogP) is 4.48. The Morgan fingerprint density at radius 2 is 1.91 bits per heavy atom. The maximum absolute atomic E-state index is 13.2. The SMILES string of the molecule is COc1cccc(C2/C(=C(/O)c3ccc(OC)c(Br)c3)C(=O)C(=O)N2Cc2cccnc2)c1. The summed E-state index contributed by atoms with van der Waals surface area (Å²) >= 11 is 3.40. The molecule has 0 saturated carbocycles. The van der Waals surface area contributed by atoms with Crippen LogP contribution in [0.3, 0.4) is 0 Å². The first-order valence-electron chi connectivity index (χ1n) is 10.1. The molecular formula is C25H21BrN2O5. The molecule has 1 N–H and O–H groups in total. The number of hydrogen-bond donors (Lipinski definition) is 1. The number of aliphatic hydroxyl groups excluding tert-OH is 1. The number of benzene rings is 2. The van der Waals surface area contributed by atoms with E-state index in [1.165, 1.54) is 12.0 Å². The van der Waals surface area contributed by atoms with Gasteiger partial charge in [-0.1, -0.05) is 18.2 Å². The zero-order valence-corrected chi connectivity index (χ0v) is 19.6. The summed E-state index contributed by atoms with van der Waals surface area (Å²) < 4.78 is 11.2. The fraction of sp³-hybridized carbons (Fsp3) is 0.160. The van der Waals surface area contributed by atoms with Crippen LogP contribution in [0.4, 0.5) is 0 Å². The highest BCUT2D eigenvalue weighted by atomic mass is 79.9. The van der Waals surface area contributed by atoms with Crippen LogP contribution in [0.15, 0.2) is 77.0 Å². The first-order chi connectivity index (χ1) is 15.9. The summed E-state index contributed by atoms with van der Waals surface area (Å²) in [6, 6.07) is 14.8. The Morgan fingerprint density at radius 3 is 2.58 bits per heavy atom. The molecule has 0 radical (unpaired) electrons. The van der Waals surface area contributed by atoms with E-state index in [0.29, 0.717) is 27.1 Å². The Morgan fingerprint density at radius 1 is 1.09 bits per heavy atom. The topological polar surface area (TPSA) is 89.0 Å². The molecule has 8 heteroatoms. The summed E-state index contributed by atoms with van der Waals surface area (Å²) in [6.45, 7) is 0.156. The van der Waals surface area contributed by atoms with Gasteiger partial charge in [0.2, 0.25) is 0 Å². The van der Waals surface area contributed by atoms with E-state index in [-0.39, 0.29) is 17.9 Å². The number of aliphatic hydroxyl groups is 1. The minimum Gasteiger partial charge on any atom is -0.507 e. The van der Waals surface area contributed by atoms with E-state index >= 15 is 0 Å². The highest BCUT2D eigenvalue weighted by Gasteiger charge is 2.46. The van der Waals surface area contributed by atoms with Gasteiger partial charge in [0.05, 0.1) is 30.3 Å². The number of ether oxygens (including phenoxy) is 2. The average Bonchev–Trinajstić information content (AvgIpc) is 3.09. The van der Waals surface area contributed by atoms with Gasteiger partial charge in [-0.05, 0) is 63.5 Å². The van der Waals surface area contributed by atoms with E-state index in [0.717, 1.165) is 5.56 Å². The zero-order valence-electron chi connectivity index (χ0n) is 18.0. The van der Waals surface area contributed by atoms with E-state index in [2.05, 4.69) is 20.9 Å². The van der Waals surface area contributed by atoms with Crippen LogP contribution in [0.2, 0.25) is 0 Å². The molecule has 0 spiro atoms. The number of likely N-dealkylation sites (tertiary alicyclic amines) is 1. The maximum atomic E-state index is 13.2. The molecular weight excluding hydrogens is 488 g/mol. The maximum Gasteiger partial charge on any atom is 0.295 e. The number of methoxy groups -OCH3 is 2. The molecule has 1 atom stereocenters. The second-order valence-electron chi connectivity index (χ2n) is 7.41. The first kappa shape index (κ1) is 22.5. The van der Waals surface area contributed by atoms with Crippen molar-refractivity contribution in [2.24, 2.45) is 0 Å². The Balaban J connectivity index is 1.88. The van der Waals surface area contributed by atoms with E-state index < -0.39 is 17.7 Å². The normalized spacial score (nSPS) is 17.3. The summed E-state index contributed by atoms with van der Waals surface area (Å²) in [4.78, 5) is 31.8. The molecule has 1 amide bonds. The van der Waals surface area contributed by atoms with E-state index in [9.17, 15) is 14.7 Å². The predicted molar refractivity (Wildman–Crippen MR) is 126 cm³/mol. The smallest absolute Gasteiger partial charge is 0.295 e. The molecule has 1 fully saturated rings. The summed E-state index contributed by atoms with van der Waals surface area (Å²) in [5, 5.41) is 11.2. The Bertz CT molecular complexity index is 1240. The van der Waals surface area contributed by atoms with Gasteiger partial charge in [-0.15, -0.1) is 0 Å². The second kappa shape index (κ2) is 9.46. The number of rotatable bonds is 6. The van der Waals surface area contributed by atoms with Crippen molar-refractivity contribution in [1.82, 2.24) is 9.88 Å². The Kier molecular flexibility index (Phi) is 6.46. The summed E-state index contributed by atoms with van der Waals surface area (Å²) in [7, 11) is 3.08. The molecule has 0 bridgehead atoms. The van der Waals surface area contributed by atoms with Crippen molar-refractivity contribution in [3.8, 4) is 11.5 Å². The summed E-state index contributed by atoms with van der Waals surface area (Å²) in [5.41, 5.74) is 1.80. The zero-order chi connectivity index (χ0) is 23.5. The van der Waals surface area contributed by atoms with Crippen LogP contribution >= 0.6 is 15.9 Å². The number of ketones is 1. The number of nitrogens with zero attached hydrogens (tertiary/aromatic N) is 2. The number of carbonyl (C=O) groups excluding carboxylic acids is 2. The van der Waals surface area contributed by atoms with Crippen LogP contribution in [0.1, 0.15) is 22.7 Å². The summed E-state index contributed by atoms with van der Waals surface area (Å²) in [5.74, 6) is -0.560. The van der Waals surface area contributed by atoms with Crippen molar-refractivity contribution >= 4 is 33.4 Å². The van der Waals surface area contributed by atoms with Crippen molar-refractivity contribution in [1.29, 1.82) is 0 Å². The van der Waals surface area contributed by atoms with Gasteiger partial charge < -0.3 is 19.5 Å². The van der Waals surface area contributed by atoms with Gasteiger partial charge in [-0.3, -0.25) is 14.6 Å². The molecule has 1 unspecified atom stereocenters.